The molecule has 0 aromatic heterocycles. The van der Waals surface area contributed by atoms with Crippen LogP contribution < -0.4 is 10.1 Å². The summed E-state index contributed by atoms with van der Waals surface area (Å²) in [7, 11) is 1.72. The van der Waals surface area contributed by atoms with Gasteiger partial charge < -0.3 is 10.1 Å². The van der Waals surface area contributed by atoms with Gasteiger partial charge in [0.1, 0.15) is 5.75 Å². The van der Waals surface area contributed by atoms with E-state index >= 15 is 0 Å². The van der Waals surface area contributed by atoms with Crippen LogP contribution in [0.2, 0.25) is 0 Å². The van der Waals surface area contributed by atoms with Gasteiger partial charge in [-0.25, -0.2) is 0 Å². The van der Waals surface area contributed by atoms with E-state index in [0.29, 0.717) is 6.04 Å². The molecule has 1 atom stereocenters. The van der Waals surface area contributed by atoms with E-state index in [4.69, 9.17) is 4.74 Å². The van der Waals surface area contributed by atoms with E-state index in [0.717, 1.165) is 11.8 Å². The van der Waals surface area contributed by atoms with Crippen LogP contribution in [0.15, 0.2) is 18.2 Å². The molecule has 2 aliphatic rings. The second kappa shape index (κ2) is 4.81. The summed E-state index contributed by atoms with van der Waals surface area (Å²) in [6.45, 7) is 4.60. The molecule has 1 unspecified atom stereocenters. The Morgan fingerprint density at radius 1 is 1.28 bits per heavy atom. The second-order valence-corrected chi connectivity index (χ2v) is 5.54. The normalized spacial score (nSPS) is 24.2. The average molecular weight is 246 g/mol. The Morgan fingerprint density at radius 3 is 2.83 bits per heavy atom. The van der Waals surface area contributed by atoms with Crippen molar-refractivity contribution < 1.29 is 4.74 Å². The van der Waals surface area contributed by atoms with E-state index in [9.17, 15) is 0 Å². The number of nitrogens with zero attached hydrogens (tertiary/aromatic N) is 1. The van der Waals surface area contributed by atoms with E-state index in [1.165, 1.54) is 43.6 Å². The Hall–Kier alpha value is -1.22. The molecular formula is C15H22N2O. The van der Waals surface area contributed by atoms with Crippen molar-refractivity contribution in [2.75, 3.05) is 25.5 Å². The predicted octanol–water partition coefficient (Wildman–Crippen LogP) is 2.65. The van der Waals surface area contributed by atoms with Crippen LogP contribution in [0.3, 0.4) is 0 Å². The van der Waals surface area contributed by atoms with Gasteiger partial charge in [0.05, 0.1) is 7.11 Å². The first-order chi connectivity index (χ1) is 8.76. The first kappa shape index (κ1) is 11.8. The van der Waals surface area contributed by atoms with Crippen molar-refractivity contribution in [2.45, 2.75) is 38.3 Å². The van der Waals surface area contributed by atoms with Crippen molar-refractivity contribution in [3.8, 4) is 5.75 Å². The zero-order valence-corrected chi connectivity index (χ0v) is 11.3. The van der Waals surface area contributed by atoms with Crippen LogP contribution in [-0.4, -0.2) is 37.2 Å². The van der Waals surface area contributed by atoms with Gasteiger partial charge >= 0.3 is 0 Å². The number of methoxy groups -OCH3 is 1. The summed E-state index contributed by atoms with van der Waals surface area (Å²) < 4.78 is 5.29. The highest BCUT2D eigenvalue weighted by atomic mass is 16.5. The van der Waals surface area contributed by atoms with Crippen LogP contribution in [-0.2, 0) is 0 Å². The third-order valence-electron chi connectivity index (χ3n) is 4.09. The molecule has 3 nitrogen and oxygen atoms in total. The number of likely N-dealkylation sites (tertiary alicyclic amines) is 1. The molecule has 0 spiro atoms. The Morgan fingerprint density at radius 2 is 2.11 bits per heavy atom. The molecule has 1 aliphatic heterocycles. The lowest BCUT2D eigenvalue weighted by atomic mass is 10.1. The van der Waals surface area contributed by atoms with Crippen molar-refractivity contribution in [3.05, 3.63) is 23.8 Å². The van der Waals surface area contributed by atoms with Crippen molar-refractivity contribution in [2.24, 2.45) is 0 Å². The molecule has 18 heavy (non-hydrogen) atoms. The lowest BCUT2D eigenvalue weighted by Gasteiger charge is -2.18. The molecule has 3 rings (SSSR count). The first-order valence-corrected chi connectivity index (χ1v) is 6.91. The lowest BCUT2D eigenvalue weighted by molar-refractivity contribution is 0.326. The van der Waals surface area contributed by atoms with E-state index in [-0.39, 0.29) is 0 Å². The number of rotatable bonds is 4. The van der Waals surface area contributed by atoms with Gasteiger partial charge in [-0.05, 0) is 37.8 Å². The molecule has 2 fully saturated rings. The van der Waals surface area contributed by atoms with Crippen molar-refractivity contribution in [1.29, 1.82) is 0 Å². The van der Waals surface area contributed by atoms with Crippen LogP contribution in [0.1, 0.15) is 24.8 Å². The minimum absolute atomic E-state index is 0.594. The molecule has 1 saturated carbocycles. The van der Waals surface area contributed by atoms with Gasteiger partial charge in [0, 0.05) is 36.9 Å². The molecule has 1 aliphatic carbocycles. The van der Waals surface area contributed by atoms with E-state index in [1.54, 1.807) is 7.11 Å². The van der Waals surface area contributed by atoms with E-state index < -0.39 is 0 Å². The van der Waals surface area contributed by atoms with Crippen molar-refractivity contribution in [3.63, 3.8) is 0 Å². The molecule has 0 radical (unpaired) electrons. The van der Waals surface area contributed by atoms with Gasteiger partial charge in [0.2, 0.25) is 0 Å². The summed E-state index contributed by atoms with van der Waals surface area (Å²) in [5.74, 6) is 0.931. The highest BCUT2D eigenvalue weighted by Crippen LogP contribution is 2.31. The van der Waals surface area contributed by atoms with E-state index in [2.05, 4.69) is 29.3 Å². The maximum absolute atomic E-state index is 5.29. The monoisotopic (exact) mass is 246 g/mol. The maximum atomic E-state index is 5.29. The minimum atomic E-state index is 0.594. The largest absolute Gasteiger partial charge is 0.497 e. The quantitative estimate of drug-likeness (QED) is 0.884. The second-order valence-electron chi connectivity index (χ2n) is 5.54. The number of aryl methyl sites for hydroxylation is 1. The summed E-state index contributed by atoms with van der Waals surface area (Å²) >= 11 is 0. The Bertz CT molecular complexity index is 429. The van der Waals surface area contributed by atoms with Gasteiger partial charge in [0.25, 0.3) is 0 Å². The molecule has 3 heteroatoms. The molecule has 0 amide bonds. The lowest BCUT2D eigenvalue weighted by Crippen LogP contribution is -2.27. The van der Waals surface area contributed by atoms with Gasteiger partial charge in [0.15, 0.2) is 0 Å². The highest BCUT2D eigenvalue weighted by molar-refractivity contribution is 5.55. The SMILES string of the molecule is COc1ccc(C)c(NC2CCN(C3CC3)C2)c1. The fourth-order valence-corrected chi connectivity index (χ4v) is 2.78. The Kier molecular flexibility index (Phi) is 3.16. The molecule has 0 bridgehead atoms. The van der Waals surface area contributed by atoms with Crippen LogP contribution in [0.5, 0.6) is 5.75 Å². The number of hydrogen-bond acceptors (Lipinski definition) is 3. The summed E-state index contributed by atoms with van der Waals surface area (Å²) in [5, 5.41) is 3.67. The average Bonchev–Trinajstić information content (AvgIpc) is 3.13. The van der Waals surface area contributed by atoms with Crippen molar-refractivity contribution >= 4 is 5.69 Å². The number of benzene rings is 1. The van der Waals surface area contributed by atoms with E-state index in [1.807, 2.05) is 6.07 Å². The third kappa shape index (κ3) is 2.46. The molecule has 1 aromatic carbocycles. The molecule has 98 valence electrons. The van der Waals surface area contributed by atoms with Gasteiger partial charge in [-0.2, -0.15) is 0 Å². The first-order valence-electron chi connectivity index (χ1n) is 6.91. The van der Waals surface area contributed by atoms with Crippen LogP contribution >= 0.6 is 0 Å². The molecule has 1 N–H and O–H groups in total. The summed E-state index contributed by atoms with van der Waals surface area (Å²) in [6.07, 6.45) is 4.07. The fraction of sp³-hybridized carbons (Fsp3) is 0.600. The standard InChI is InChI=1S/C15H22N2O/c1-11-3-6-14(18-2)9-15(11)16-12-7-8-17(10-12)13-4-5-13/h3,6,9,12-13,16H,4-5,7-8,10H2,1-2H3. The van der Waals surface area contributed by atoms with Crippen LogP contribution in [0, 0.1) is 6.92 Å². The topological polar surface area (TPSA) is 24.5 Å². The number of nitrogens with one attached hydrogen (secondary N) is 1. The number of ether oxygens (including phenoxy) is 1. The summed E-state index contributed by atoms with van der Waals surface area (Å²) in [4.78, 5) is 2.63. The summed E-state index contributed by atoms with van der Waals surface area (Å²) in [5.41, 5.74) is 2.51. The van der Waals surface area contributed by atoms with Gasteiger partial charge in [-0.15, -0.1) is 0 Å². The molecule has 1 heterocycles. The number of hydrogen-bond donors (Lipinski definition) is 1. The van der Waals surface area contributed by atoms with Crippen LogP contribution in [0.4, 0.5) is 5.69 Å². The molecule has 1 saturated heterocycles. The zero-order valence-electron chi connectivity index (χ0n) is 11.3. The Balaban J connectivity index is 1.65. The zero-order chi connectivity index (χ0) is 12.5. The predicted molar refractivity (Wildman–Crippen MR) is 74.4 cm³/mol. The minimum Gasteiger partial charge on any atom is -0.497 e. The Labute approximate surface area is 109 Å². The van der Waals surface area contributed by atoms with Crippen LogP contribution in [0.25, 0.3) is 0 Å². The van der Waals surface area contributed by atoms with Gasteiger partial charge in [-0.1, -0.05) is 6.07 Å². The maximum Gasteiger partial charge on any atom is 0.120 e. The smallest absolute Gasteiger partial charge is 0.120 e. The fourth-order valence-electron chi connectivity index (χ4n) is 2.78. The third-order valence-corrected chi connectivity index (χ3v) is 4.09. The van der Waals surface area contributed by atoms with Crippen molar-refractivity contribution in [1.82, 2.24) is 4.90 Å². The highest BCUT2D eigenvalue weighted by Gasteiger charge is 2.34. The molecular weight excluding hydrogens is 224 g/mol. The van der Waals surface area contributed by atoms with Gasteiger partial charge in [-0.3, -0.25) is 4.90 Å². The summed E-state index contributed by atoms with van der Waals surface area (Å²) in [6, 6.07) is 7.73. The molecule has 1 aromatic rings. The number of anilines is 1.